The van der Waals surface area contributed by atoms with E-state index in [2.05, 4.69) is 5.32 Å². The van der Waals surface area contributed by atoms with Crippen LogP contribution in [0.2, 0.25) is 0 Å². The van der Waals surface area contributed by atoms with E-state index in [0.717, 1.165) is 24.8 Å². The van der Waals surface area contributed by atoms with E-state index in [1.54, 1.807) is 35.5 Å². The van der Waals surface area contributed by atoms with Crippen LogP contribution in [0.3, 0.4) is 0 Å². The van der Waals surface area contributed by atoms with Crippen LogP contribution in [0.25, 0.3) is 0 Å². The van der Waals surface area contributed by atoms with Crippen LogP contribution in [0.15, 0.2) is 29.6 Å². The highest BCUT2D eigenvalue weighted by Crippen LogP contribution is 2.31. The van der Waals surface area contributed by atoms with Gasteiger partial charge in [-0.3, -0.25) is 9.59 Å². The monoisotopic (exact) mass is 372 g/mol. The predicted octanol–water partition coefficient (Wildman–Crippen LogP) is 3.74. The molecule has 1 aromatic heterocycles. The Balaban J connectivity index is 1.70. The summed E-state index contributed by atoms with van der Waals surface area (Å²) in [4.78, 5) is 28.3. The van der Waals surface area contributed by atoms with E-state index in [4.69, 9.17) is 4.74 Å². The van der Waals surface area contributed by atoms with Crippen LogP contribution in [0.1, 0.15) is 40.6 Å². The third kappa shape index (κ3) is 3.90. The first-order chi connectivity index (χ1) is 12.6. The number of aryl methyl sites for hydroxylation is 1. The molecule has 1 heterocycles. The summed E-state index contributed by atoms with van der Waals surface area (Å²) < 4.78 is 5.25. The van der Waals surface area contributed by atoms with Gasteiger partial charge in [0.05, 0.1) is 18.4 Å². The highest BCUT2D eigenvalue weighted by molar-refractivity contribution is 7.10. The largest absolute Gasteiger partial charge is 0.495 e. The Bertz CT molecular complexity index is 800. The van der Waals surface area contributed by atoms with E-state index >= 15 is 0 Å². The maximum absolute atomic E-state index is 12.9. The highest BCUT2D eigenvalue weighted by atomic mass is 32.1. The summed E-state index contributed by atoms with van der Waals surface area (Å²) in [5, 5.41) is 4.79. The number of likely N-dealkylation sites (N-methyl/N-ethyl adjacent to an activating group) is 1. The molecule has 5 nitrogen and oxygen atoms in total. The molecule has 0 unspecified atom stereocenters. The predicted molar refractivity (Wildman–Crippen MR) is 104 cm³/mol. The maximum Gasteiger partial charge on any atom is 0.255 e. The van der Waals surface area contributed by atoms with Gasteiger partial charge in [-0.25, -0.2) is 0 Å². The standard InChI is InChI=1S/C20H24N2O3S/c1-3-22(12-19(23)21-16-9-5-6-10-17(16)25-2)20(24)15-13-26-18-11-7-4-8-14(15)18/h5-6,9-10,13H,3-4,7-8,11-12H2,1-2H3,(H,21,23). The van der Waals surface area contributed by atoms with Crippen LogP contribution < -0.4 is 10.1 Å². The molecule has 1 aromatic carbocycles. The number of nitrogens with zero attached hydrogens (tertiary/aromatic N) is 1. The summed E-state index contributed by atoms with van der Waals surface area (Å²) in [5.74, 6) is 0.318. The van der Waals surface area contributed by atoms with Crippen molar-refractivity contribution in [2.45, 2.75) is 32.6 Å². The molecule has 138 valence electrons. The number of benzene rings is 1. The van der Waals surface area contributed by atoms with E-state index in [9.17, 15) is 9.59 Å². The average Bonchev–Trinajstić information content (AvgIpc) is 3.10. The first-order valence-corrected chi connectivity index (χ1v) is 9.83. The minimum Gasteiger partial charge on any atom is -0.495 e. The molecule has 0 atom stereocenters. The van der Waals surface area contributed by atoms with Gasteiger partial charge in [-0.05, 0) is 50.3 Å². The zero-order chi connectivity index (χ0) is 18.5. The molecule has 2 amide bonds. The third-order valence-corrected chi connectivity index (χ3v) is 5.76. The molecule has 26 heavy (non-hydrogen) atoms. The molecule has 0 saturated carbocycles. The van der Waals surface area contributed by atoms with Crippen molar-refractivity contribution < 1.29 is 14.3 Å². The van der Waals surface area contributed by atoms with Crippen molar-refractivity contribution in [3.05, 3.63) is 45.6 Å². The first kappa shape index (κ1) is 18.5. The Kier molecular flexibility index (Phi) is 5.93. The van der Waals surface area contributed by atoms with Gasteiger partial charge in [0.15, 0.2) is 0 Å². The number of carbonyl (C=O) groups is 2. The number of anilines is 1. The van der Waals surface area contributed by atoms with E-state index < -0.39 is 0 Å². The Hall–Kier alpha value is -2.34. The minimum atomic E-state index is -0.228. The molecule has 0 spiro atoms. The van der Waals surface area contributed by atoms with Gasteiger partial charge in [0.1, 0.15) is 12.3 Å². The van der Waals surface area contributed by atoms with Crippen LogP contribution in [0, 0.1) is 0 Å². The first-order valence-electron chi connectivity index (χ1n) is 8.95. The topological polar surface area (TPSA) is 58.6 Å². The van der Waals surface area contributed by atoms with Crippen molar-refractivity contribution >= 4 is 28.8 Å². The smallest absolute Gasteiger partial charge is 0.255 e. The number of rotatable bonds is 6. The lowest BCUT2D eigenvalue weighted by Gasteiger charge is -2.22. The van der Waals surface area contributed by atoms with Gasteiger partial charge in [0, 0.05) is 16.8 Å². The van der Waals surface area contributed by atoms with Gasteiger partial charge in [-0.1, -0.05) is 12.1 Å². The van der Waals surface area contributed by atoms with Crippen molar-refractivity contribution in [3.63, 3.8) is 0 Å². The highest BCUT2D eigenvalue weighted by Gasteiger charge is 2.24. The lowest BCUT2D eigenvalue weighted by Crippen LogP contribution is -2.38. The number of para-hydroxylation sites is 2. The Morgan fingerprint density at radius 3 is 2.77 bits per heavy atom. The van der Waals surface area contributed by atoms with E-state index in [0.29, 0.717) is 18.0 Å². The molecule has 1 aliphatic carbocycles. The van der Waals surface area contributed by atoms with Crippen molar-refractivity contribution in [2.75, 3.05) is 25.5 Å². The summed E-state index contributed by atoms with van der Waals surface area (Å²) in [6.45, 7) is 2.41. The van der Waals surface area contributed by atoms with E-state index in [-0.39, 0.29) is 18.4 Å². The van der Waals surface area contributed by atoms with Crippen LogP contribution in [-0.2, 0) is 17.6 Å². The molecule has 0 bridgehead atoms. The SMILES string of the molecule is CCN(CC(=O)Nc1ccccc1OC)C(=O)c1csc2c1CCCC2. The van der Waals surface area contributed by atoms with Crippen molar-refractivity contribution in [2.24, 2.45) is 0 Å². The molecular formula is C20H24N2O3S. The number of hydrogen-bond donors (Lipinski definition) is 1. The van der Waals surface area contributed by atoms with Gasteiger partial charge in [0.25, 0.3) is 5.91 Å². The fourth-order valence-electron chi connectivity index (χ4n) is 3.28. The normalized spacial score (nSPS) is 13.0. The van der Waals surface area contributed by atoms with Gasteiger partial charge in [-0.15, -0.1) is 11.3 Å². The second-order valence-corrected chi connectivity index (χ2v) is 7.29. The summed E-state index contributed by atoms with van der Waals surface area (Å²) in [6, 6.07) is 7.24. The van der Waals surface area contributed by atoms with Gasteiger partial charge in [0.2, 0.25) is 5.91 Å². The fourth-order valence-corrected chi connectivity index (χ4v) is 4.40. The number of thiophene rings is 1. The lowest BCUT2D eigenvalue weighted by atomic mass is 9.95. The Morgan fingerprint density at radius 1 is 1.23 bits per heavy atom. The number of ether oxygens (including phenoxy) is 1. The Labute approximate surface area is 158 Å². The molecule has 3 rings (SSSR count). The quantitative estimate of drug-likeness (QED) is 0.840. The second-order valence-electron chi connectivity index (χ2n) is 6.33. The van der Waals surface area contributed by atoms with Crippen molar-refractivity contribution in [3.8, 4) is 5.75 Å². The maximum atomic E-state index is 12.9. The van der Waals surface area contributed by atoms with Crippen LogP contribution >= 0.6 is 11.3 Å². The van der Waals surface area contributed by atoms with Gasteiger partial charge < -0.3 is 15.0 Å². The minimum absolute atomic E-state index is 0.0258. The second kappa shape index (κ2) is 8.36. The van der Waals surface area contributed by atoms with Crippen LogP contribution in [-0.4, -0.2) is 36.9 Å². The van der Waals surface area contributed by atoms with E-state index in [1.807, 2.05) is 24.4 Å². The van der Waals surface area contributed by atoms with Crippen molar-refractivity contribution in [1.29, 1.82) is 0 Å². The van der Waals surface area contributed by atoms with Crippen molar-refractivity contribution in [1.82, 2.24) is 4.90 Å². The summed E-state index contributed by atoms with van der Waals surface area (Å²) in [7, 11) is 1.56. The molecule has 1 aliphatic rings. The number of carbonyl (C=O) groups excluding carboxylic acids is 2. The molecule has 0 fully saturated rings. The summed E-state index contributed by atoms with van der Waals surface area (Å²) in [6.07, 6.45) is 4.35. The molecule has 0 radical (unpaired) electrons. The summed E-state index contributed by atoms with van der Waals surface area (Å²) in [5.41, 5.74) is 2.57. The number of fused-ring (bicyclic) bond motifs is 1. The number of hydrogen-bond acceptors (Lipinski definition) is 4. The molecule has 2 aromatic rings. The van der Waals surface area contributed by atoms with Crippen LogP contribution in [0.5, 0.6) is 5.75 Å². The molecule has 1 N–H and O–H groups in total. The Morgan fingerprint density at radius 2 is 2.00 bits per heavy atom. The number of methoxy groups -OCH3 is 1. The molecular weight excluding hydrogens is 348 g/mol. The molecule has 0 saturated heterocycles. The third-order valence-electron chi connectivity index (χ3n) is 4.68. The zero-order valence-corrected chi connectivity index (χ0v) is 16.0. The summed E-state index contributed by atoms with van der Waals surface area (Å²) >= 11 is 1.67. The fraction of sp³-hybridized carbons (Fsp3) is 0.400. The average molecular weight is 372 g/mol. The number of amides is 2. The van der Waals surface area contributed by atoms with Gasteiger partial charge in [-0.2, -0.15) is 0 Å². The van der Waals surface area contributed by atoms with E-state index in [1.165, 1.54) is 16.9 Å². The zero-order valence-electron chi connectivity index (χ0n) is 15.2. The molecule has 6 heteroatoms. The lowest BCUT2D eigenvalue weighted by molar-refractivity contribution is -0.116. The number of nitrogens with one attached hydrogen (secondary N) is 1. The van der Waals surface area contributed by atoms with Gasteiger partial charge >= 0.3 is 0 Å². The van der Waals surface area contributed by atoms with Crippen LogP contribution in [0.4, 0.5) is 5.69 Å². The molecule has 0 aliphatic heterocycles.